The molecule has 0 fully saturated rings. The fourth-order valence-corrected chi connectivity index (χ4v) is 1.33. The number of aryl methyl sites for hydroxylation is 1. The van der Waals surface area contributed by atoms with Gasteiger partial charge in [0, 0.05) is 32.9 Å². The highest BCUT2D eigenvalue weighted by molar-refractivity contribution is 5.95. The van der Waals surface area contributed by atoms with Crippen molar-refractivity contribution >= 4 is 17.9 Å². The van der Waals surface area contributed by atoms with Crippen LogP contribution >= 0.6 is 0 Å². The highest BCUT2D eigenvalue weighted by Gasteiger charge is 2.15. The molecule has 0 spiro atoms. The zero-order valence-electron chi connectivity index (χ0n) is 10.8. The number of carbonyl (C=O) groups is 3. The van der Waals surface area contributed by atoms with E-state index < -0.39 is 17.9 Å². The van der Waals surface area contributed by atoms with E-state index in [1.807, 2.05) is 0 Å². The molecule has 0 bridgehead atoms. The van der Waals surface area contributed by atoms with Crippen LogP contribution in [0, 0.1) is 0 Å². The lowest BCUT2D eigenvalue weighted by Gasteiger charge is -2.16. The van der Waals surface area contributed by atoms with Gasteiger partial charge in [0.25, 0.3) is 0 Å². The van der Waals surface area contributed by atoms with Gasteiger partial charge in [0.1, 0.15) is 5.82 Å². The standard InChI is InChI=1S/C11H16N4O4/c1-14-6-5-12-8(14)7-15(2)11(19)13-9(16)3-4-10(17)18/h5-6H,3-4,7H2,1-2H3,(H,17,18)(H,13,16,19). The Bertz CT molecular complexity index is 483. The maximum Gasteiger partial charge on any atom is 0.324 e. The summed E-state index contributed by atoms with van der Waals surface area (Å²) in [4.78, 5) is 38.6. The molecular weight excluding hydrogens is 252 g/mol. The van der Waals surface area contributed by atoms with Gasteiger partial charge in [-0.15, -0.1) is 0 Å². The molecule has 0 aliphatic rings. The van der Waals surface area contributed by atoms with E-state index in [1.54, 1.807) is 24.0 Å². The average molecular weight is 268 g/mol. The van der Waals surface area contributed by atoms with Crippen molar-refractivity contribution < 1.29 is 19.5 Å². The van der Waals surface area contributed by atoms with E-state index in [1.165, 1.54) is 11.9 Å². The molecule has 0 saturated heterocycles. The SMILES string of the molecule is CN(Cc1nccn1C)C(=O)NC(=O)CCC(=O)O. The van der Waals surface area contributed by atoms with Gasteiger partial charge in [-0.25, -0.2) is 9.78 Å². The van der Waals surface area contributed by atoms with Crippen LogP contribution in [0.5, 0.6) is 0 Å². The van der Waals surface area contributed by atoms with Gasteiger partial charge < -0.3 is 14.6 Å². The Hall–Kier alpha value is -2.38. The lowest BCUT2D eigenvalue weighted by molar-refractivity contribution is -0.138. The Morgan fingerprint density at radius 1 is 1.42 bits per heavy atom. The number of hydrogen-bond donors (Lipinski definition) is 2. The summed E-state index contributed by atoms with van der Waals surface area (Å²) in [6.07, 6.45) is 2.83. The van der Waals surface area contributed by atoms with E-state index >= 15 is 0 Å². The zero-order valence-corrected chi connectivity index (χ0v) is 10.8. The Morgan fingerprint density at radius 2 is 2.11 bits per heavy atom. The van der Waals surface area contributed by atoms with Crippen LogP contribution in [0.3, 0.4) is 0 Å². The minimum atomic E-state index is -1.08. The van der Waals surface area contributed by atoms with Crippen molar-refractivity contribution in [2.75, 3.05) is 7.05 Å². The summed E-state index contributed by atoms with van der Waals surface area (Å²) in [5, 5.41) is 10.5. The fourth-order valence-electron chi connectivity index (χ4n) is 1.33. The number of nitrogens with one attached hydrogen (secondary N) is 1. The molecule has 2 N–H and O–H groups in total. The van der Waals surface area contributed by atoms with Crippen molar-refractivity contribution in [1.82, 2.24) is 19.8 Å². The third-order valence-electron chi connectivity index (χ3n) is 2.46. The molecule has 8 nitrogen and oxygen atoms in total. The first-order valence-electron chi connectivity index (χ1n) is 5.63. The summed E-state index contributed by atoms with van der Waals surface area (Å²) in [5.74, 6) is -1.02. The van der Waals surface area contributed by atoms with Crippen molar-refractivity contribution in [3.05, 3.63) is 18.2 Å². The lowest BCUT2D eigenvalue weighted by Crippen LogP contribution is -2.40. The minimum absolute atomic E-state index is 0.225. The summed E-state index contributed by atoms with van der Waals surface area (Å²) in [6.45, 7) is 0.252. The Morgan fingerprint density at radius 3 is 2.63 bits per heavy atom. The van der Waals surface area contributed by atoms with Crippen LogP contribution in [-0.4, -0.2) is 44.5 Å². The van der Waals surface area contributed by atoms with Crippen molar-refractivity contribution in [2.24, 2.45) is 7.05 Å². The van der Waals surface area contributed by atoms with E-state index in [0.29, 0.717) is 5.82 Å². The van der Waals surface area contributed by atoms with Crippen LogP contribution < -0.4 is 5.32 Å². The highest BCUT2D eigenvalue weighted by atomic mass is 16.4. The maximum atomic E-state index is 11.6. The first-order chi connectivity index (χ1) is 8.90. The Labute approximate surface area is 110 Å². The number of rotatable bonds is 5. The predicted molar refractivity (Wildman–Crippen MR) is 65.1 cm³/mol. The largest absolute Gasteiger partial charge is 0.481 e. The number of carbonyl (C=O) groups excluding carboxylic acids is 2. The number of carboxylic acids is 1. The molecule has 1 aromatic rings. The monoisotopic (exact) mass is 268 g/mol. The number of imidazole rings is 1. The molecule has 0 radical (unpaired) electrons. The third kappa shape index (κ3) is 4.78. The van der Waals surface area contributed by atoms with Crippen molar-refractivity contribution in [3.63, 3.8) is 0 Å². The first kappa shape index (κ1) is 14.7. The number of aliphatic carboxylic acids is 1. The quantitative estimate of drug-likeness (QED) is 0.779. The summed E-state index contributed by atoms with van der Waals surface area (Å²) in [6, 6.07) is -0.585. The van der Waals surface area contributed by atoms with Crippen molar-refractivity contribution in [2.45, 2.75) is 19.4 Å². The van der Waals surface area contributed by atoms with Crippen LogP contribution in [0.1, 0.15) is 18.7 Å². The Balaban J connectivity index is 2.42. The molecule has 3 amide bonds. The van der Waals surface area contributed by atoms with E-state index in [4.69, 9.17) is 5.11 Å². The average Bonchev–Trinajstić information content (AvgIpc) is 2.72. The number of carboxylic acid groups (broad SMARTS) is 1. The molecule has 104 valence electrons. The molecule has 0 unspecified atom stereocenters. The van der Waals surface area contributed by atoms with Gasteiger partial charge >= 0.3 is 12.0 Å². The van der Waals surface area contributed by atoms with Crippen LogP contribution in [0.4, 0.5) is 4.79 Å². The van der Waals surface area contributed by atoms with Crippen molar-refractivity contribution in [3.8, 4) is 0 Å². The van der Waals surface area contributed by atoms with Gasteiger partial charge in [-0.1, -0.05) is 0 Å². The van der Waals surface area contributed by atoms with Gasteiger partial charge in [0.05, 0.1) is 13.0 Å². The molecule has 0 aromatic carbocycles. The van der Waals surface area contributed by atoms with Gasteiger partial charge in [0.2, 0.25) is 5.91 Å². The highest BCUT2D eigenvalue weighted by Crippen LogP contribution is 1.99. The number of aromatic nitrogens is 2. The number of imide groups is 1. The van der Waals surface area contributed by atoms with Crippen LogP contribution in [-0.2, 0) is 23.2 Å². The maximum absolute atomic E-state index is 11.6. The van der Waals surface area contributed by atoms with Gasteiger partial charge in [-0.3, -0.25) is 14.9 Å². The minimum Gasteiger partial charge on any atom is -0.481 e. The lowest BCUT2D eigenvalue weighted by atomic mass is 10.3. The van der Waals surface area contributed by atoms with Gasteiger partial charge in [-0.2, -0.15) is 0 Å². The molecule has 0 aliphatic carbocycles. The molecule has 0 atom stereocenters. The third-order valence-corrected chi connectivity index (χ3v) is 2.46. The number of amides is 3. The zero-order chi connectivity index (χ0) is 14.4. The van der Waals surface area contributed by atoms with E-state index in [2.05, 4.69) is 10.3 Å². The second-order valence-electron chi connectivity index (χ2n) is 4.06. The van der Waals surface area contributed by atoms with E-state index in [0.717, 1.165) is 0 Å². The number of urea groups is 1. The summed E-state index contributed by atoms with van der Waals surface area (Å²) < 4.78 is 1.76. The number of nitrogens with zero attached hydrogens (tertiary/aromatic N) is 3. The van der Waals surface area contributed by atoms with Gasteiger partial charge in [-0.05, 0) is 0 Å². The fraction of sp³-hybridized carbons (Fsp3) is 0.455. The molecule has 0 saturated carbocycles. The molecule has 1 heterocycles. The van der Waals surface area contributed by atoms with Crippen LogP contribution in [0.25, 0.3) is 0 Å². The molecule has 0 aliphatic heterocycles. The topological polar surface area (TPSA) is 105 Å². The van der Waals surface area contributed by atoms with Crippen LogP contribution in [0.15, 0.2) is 12.4 Å². The molecule has 1 rings (SSSR count). The molecular formula is C11H16N4O4. The van der Waals surface area contributed by atoms with Crippen molar-refractivity contribution in [1.29, 1.82) is 0 Å². The van der Waals surface area contributed by atoms with Gasteiger partial charge in [0.15, 0.2) is 0 Å². The molecule has 1 aromatic heterocycles. The molecule has 19 heavy (non-hydrogen) atoms. The summed E-state index contributed by atoms with van der Waals surface area (Å²) in [5.41, 5.74) is 0. The Kier molecular flexibility index (Phi) is 5.04. The predicted octanol–water partition coefficient (Wildman–Crippen LogP) is -0.0471. The first-order valence-corrected chi connectivity index (χ1v) is 5.63. The van der Waals surface area contributed by atoms with E-state index in [-0.39, 0.29) is 19.4 Å². The summed E-state index contributed by atoms with van der Waals surface area (Å²) >= 11 is 0. The van der Waals surface area contributed by atoms with Crippen LogP contribution in [0.2, 0.25) is 0 Å². The second-order valence-corrected chi connectivity index (χ2v) is 4.06. The normalized spacial score (nSPS) is 10.0. The van der Waals surface area contributed by atoms with E-state index in [9.17, 15) is 14.4 Å². The molecule has 8 heteroatoms. The smallest absolute Gasteiger partial charge is 0.324 e. The second kappa shape index (κ2) is 6.53. The number of hydrogen-bond acceptors (Lipinski definition) is 4. The summed E-state index contributed by atoms with van der Waals surface area (Å²) in [7, 11) is 3.32.